The minimum Gasteiger partial charge on any atom is -0.340 e. The summed E-state index contributed by atoms with van der Waals surface area (Å²) in [6, 6.07) is 11.8. The van der Waals surface area contributed by atoms with Crippen molar-refractivity contribution in [1.82, 2.24) is 15.0 Å². The normalized spacial score (nSPS) is 10.4. The molecule has 2 N–H and O–H groups in total. The molecule has 0 aliphatic rings. The van der Waals surface area contributed by atoms with E-state index in [-0.39, 0.29) is 0 Å². The van der Waals surface area contributed by atoms with Crippen LogP contribution < -0.4 is 10.6 Å². The maximum atomic E-state index is 4.45. The summed E-state index contributed by atoms with van der Waals surface area (Å²) in [6.45, 7) is 4.18. The van der Waals surface area contributed by atoms with Gasteiger partial charge in [0, 0.05) is 22.6 Å². The molecule has 0 bridgehead atoms. The molecule has 116 valence electrons. The number of nitrogens with one attached hydrogen (secondary N) is 2. The van der Waals surface area contributed by atoms with E-state index in [4.69, 9.17) is 0 Å². The zero-order valence-electron chi connectivity index (χ0n) is 12.8. The third-order valence-electron chi connectivity index (χ3n) is 3.40. The minimum atomic E-state index is 0.494. The van der Waals surface area contributed by atoms with Gasteiger partial charge < -0.3 is 10.6 Å². The number of benzene rings is 1. The number of nitrogens with zero attached hydrogens (tertiary/aromatic N) is 3. The van der Waals surface area contributed by atoms with Gasteiger partial charge in [0.15, 0.2) is 0 Å². The molecular weight excluding hydrogens is 354 g/mol. The highest BCUT2D eigenvalue weighted by Gasteiger charge is 2.03. The second kappa shape index (κ2) is 6.75. The van der Waals surface area contributed by atoms with E-state index >= 15 is 0 Å². The van der Waals surface area contributed by atoms with Gasteiger partial charge in [0.05, 0.1) is 0 Å². The number of pyridine rings is 1. The molecule has 0 saturated heterocycles. The van der Waals surface area contributed by atoms with Crippen LogP contribution in [0.2, 0.25) is 0 Å². The Balaban J connectivity index is 1.76. The third-order valence-corrected chi connectivity index (χ3v) is 3.87. The molecule has 23 heavy (non-hydrogen) atoms. The molecule has 2 heterocycles. The molecule has 6 heteroatoms. The molecule has 1 aromatic carbocycles. The monoisotopic (exact) mass is 369 g/mol. The van der Waals surface area contributed by atoms with Crippen LogP contribution in [0.1, 0.15) is 11.1 Å². The number of hydrogen-bond donors (Lipinski definition) is 2. The van der Waals surface area contributed by atoms with Crippen molar-refractivity contribution in [2.24, 2.45) is 0 Å². The molecule has 2 aromatic heterocycles. The zero-order chi connectivity index (χ0) is 16.2. The van der Waals surface area contributed by atoms with Gasteiger partial charge in [0.1, 0.15) is 11.6 Å². The first-order valence-electron chi connectivity index (χ1n) is 7.16. The Hall–Kier alpha value is -2.47. The molecule has 0 spiro atoms. The fourth-order valence-corrected chi connectivity index (χ4v) is 2.25. The van der Waals surface area contributed by atoms with E-state index < -0.39 is 0 Å². The lowest BCUT2D eigenvalue weighted by atomic mass is 10.1. The average Bonchev–Trinajstić information content (AvgIpc) is 2.54. The first kappa shape index (κ1) is 15.4. The SMILES string of the molecule is Cc1ccc(Nc2ccnc(Nc3ccc(Br)cn3)n2)cc1C. The molecule has 5 nitrogen and oxygen atoms in total. The van der Waals surface area contributed by atoms with Crippen molar-refractivity contribution in [3.05, 3.63) is 64.4 Å². The average molecular weight is 370 g/mol. The second-order valence-electron chi connectivity index (χ2n) is 5.18. The number of aromatic nitrogens is 3. The van der Waals surface area contributed by atoms with Crippen molar-refractivity contribution < 1.29 is 0 Å². The van der Waals surface area contributed by atoms with Crippen LogP contribution in [0.15, 0.2) is 53.3 Å². The van der Waals surface area contributed by atoms with Crippen LogP contribution >= 0.6 is 15.9 Å². The Kier molecular flexibility index (Phi) is 4.52. The Morgan fingerprint density at radius 3 is 2.48 bits per heavy atom. The molecule has 0 saturated carbocycles. The van der Waals surface area contributed by atoms with Crippen LogP contribution in [0.5, 0.6) is 0 Å². The van der Waals surface area contributed by atoms with Gasteiger partial charge in [-0.3, -0.25) is 0 Å². The molecule has 3 aromatic rings. The van der Waals surface area contributed by atoms with Gasteiger partial charge in [-0.15, -0.1) is 0 Å². The maximum absolute atomic E-state index is 4.45. The number of aryl methyl sites for hydroxylation is 2. The Morgan fingerprint density at radius 2 is 1.74 bits per heavy atom. The van der Waals surface area contributed by atoms with Crippen LogP contribution in [0.4, 0.5) is 23.3 Å². The van der Waals surface area contributed by atoms with Crippen molar-refractivity contribution in [3.8, 4) is 0 Å². The Bertz CT molecular complexity index is 817. The quantitative estimate of drug-likeness (QED) is 0.695. The van der Waals surface area contributed by atoms with Gasteiger partial charge in [0.25, 0.3) is 0 Å². The van der Waals surface area contributed by atoms with E-state index in [1.807, 2.05) is 24.3 Å². The minimum absolute atomic E-state index is 0.494. The third kappa shape index (κ3) is 4.04. The van der Waals surface area contributed by atoms with Crippen molar-refractivity contribution in [3.63, 3.8) is 0 Å². The van der Waals surface area contributed by atoms with E-state index in [9.17, 15) is 0 Å². The van der Waals surface area contributed by atoms with Gasteiger partial charge in [0.2, 0.25) is 5.95 Å². The Morgan fingerprint density at radius 1 is 0.870 bits per heavy atom. The molecule has 0 atom stereocenters. The summed E-state index contributed by atoms with van der Waals surface area (Å²) in [7, 11) is 0. The van der Waals surface area contributed by atoms with Crippen molar-refractivity contribution in [2.75, 3.05) is 10.6 Å². The highest BCUT2D eigenvalue weighted by Crippen LogP contribution is 2.19. The lowest BCUT2D eigenvalue weighted by molar-refractivity contribution is 1.15. The first-order chi connectivity index (χ1) is 11.1. The van der Waals surface area contributed by atoms with Gasteiger partial charge in [-0.2, -0.15) is 4.98 Å². The molecule has 0 aliphatic carbocycles. The lowest BCUT2D eigenvalue weighted by Gasteiger charge is -2.09. The number of halogens is 1. The number of anilines is 4. The topological polar surface area (TPSA) is 62.7 Å². The predicted molar refractivity (Wildman–Crippen MR) is 96.5 cm³/mol. The summed E-state index contributed by atoms with van der Waals surface area (Å²) >= 11 is 3.36. The fourth-order valence-electron chi connectivity index (χ4n) is 2.02. The highest BCUT2D eigenvalue weighted by atomic mass is 79.9. The van der Waals surface area contributed by atoms with Gasteiger partial charge in [-0.25, -0.2) is 9.97 Å². The number of rotatable bonds is 4. The van der Waals surface area contributed by atoms with Crippen LogP contribution in [0.25, 0.3) is 0 Å². The summed E-state index contributed by atoms with van der Waals surface area (Å²) in [6.07, 6.45) is 3.43. The van der Waals surface area contributed by atoms with E-state index in [2.05, 4.69) is 67.5 Å². The molecule has 0 unspecified atom stereocenters. The van der Waals surface area contributed by atoms with E-state index in [0.29, 0.717) is 11.8 Å². The van der Waals surface area contributed by atoms with Crippen LogP contribution in [-0.4, -0.2) is 15.0 Å². The molecule has 0 fully saturated rings. The predicted octanol–water partition coefficient (Wildman–Crippen LogP) is 4.74. The van der Waals surface area contributed by atoms with E-state index in [1.165, 1.54) is 11.1 Å². The second-order valence-corrected chi connectivity index (χ2v) is 6.09. The molecule has 0 amide bonds. The van der Waals surface area contributed by atoms with Crippen molar-refractivity contribution in [1.29, 1.82) is 0 Å². The largest absolute Gasteiger partial charge is 0.340 e. The molecule has 0 radical (unpaired) electrons. The van der Waals surface area contributed by atoms with Crippen LogP contribution in [-0.2, 0) is 0 Å². The van der Waals surface area contributed by atoms with E-state index in [1.54, 1.807) is 12.4 Å². The van der Waals surface area contributed by atoms with E-state index in [0.717, 1.165) is 16.0 Å². The standard InChI is InChI=1S/C17H16BrN5/c1-11-3-5-14(9-12(11)2)21-16-7-8-19-17(23-16)22-15-6-4-13(18)10-20-15/h3-10H,1-2H3,(H2,19,20,21,22,23). The summed E-state index contributed by atoms with van der Waals surface area (Å²) in [4.78, 5) is 12.9. The summed E-state index contributed by atoms with van der Waals surface area (Å²) < 4.78 is 0.925. The van der Waals surface area contributed by atoms with Crippen molar-refractivity contribution >= 4 is 39.2 Å². The van der Waals surface area contributed by atoms with Crippen LogP contribution in [0, 0.1) is 13.8 Å². The van der Waals surface area contributed by atoms with Crippen molar-refractivity contribution in [2.45, 2.75) is 13.8 Å². The highest BCUT2D eigenvalue weighted by molar-refractivity contribution is 9.10. The van der Waals surface area contributed by atoms with Crippen LogP contribution in [0.3, 0.4) is 0 Å². The Labute approximate surface area is 143 Å². The van der Waals surface area contributed by atoms with Gasteiger partial charge >= 0.3 is 0 Å². The molecular formula is C17H16BrN5. The summed E-state index contributed by atoms with van der Waals surface area (Å²) in [5.41, 5.74) is 3.50. The smallest absolute Gasteiger partial charge is 0.230 e. The first-order valence-corrected chi connectivity index (χ1v) is 7.95. The summed E-state index contributed by atoms with van der Waals surface area (Å²) in [5.74, 6) is 1.91. The zero-order valence-corrected chi connectivity index (χ0v) is 14.4. The molecule has 3 rings (SSSR count). The number of hydrogen-bond acceptors (Lipinski definition) is 5. The maximum Gasteiger partial charge on any atom is 0.230 e. The van der Waals surface area contributed by atoms with Gasteiger partial charge in [-0.1, -0.05) is 6.07 Å². The summed E-state index contributed by atoms with van der Waals surface area (Å²) in [5, 5.41) is 6.37. The molecule has 0 aliphatic heterocycles. The lowest BCUT2D eigenvalue weighted by Crippen LogP contribution is -2.01. The fraction of sp³-hybridized carbons (Fsp3) is 0.118. The van der Waals surface area contributed by atoms with Gasteiger partial charge in [-0.05, 0) is 71.2 Å².